The Bertz CT molecular complexity index is 613. The van der Waals surface area contributed by atoms with Crippen molar-refractivity contribution in [3.8, 4) is 22.8 Å². The Kier molecular flexibility index (Phi) is 3.61. The Morgan fingerprint density at radius 3 is 2.53 bits per heavy atom. The number of benzene rings is 1. The number of carbonyl (C=O) groups is 1. The minimum atomic E-state index is -1.16. The third-order valence-corrected chi connectivity index (χ3v) is 2.53. The number of hydrogen-bond donors (Lipinski definition) is 1. The molecule has 0 saturated carbocycles. The van der Waals surface area contributed by atoms with Gasteiger partial charge >= 0.3 is 5.97 Å². The van der Waals surface area contributed by atoms with E-state index >= 15 is 0 Å². The highest BCUT2D eigenvalue weighted by Crippen LogP contribution is 2.31. The van der Waals surface area contributed by atoms with Crippen molar-refractivity contribution in [3.05, 3.63) is 36.3 Å². The Hall–Kier alpha value is -2.63. The molecule has 6 nitrogen and oxygen atoms in total. The van der Waals surface area contributed by atoms with Gasteiger partial charge in [-0.05, 0) is 24.3 Å². The van der Waals surface area contributed by atoms with E-state index in [0.29, 0.717) is 17.2 Å². The average molecular weight is 260 g/mol. The molecule has 6 heteroatoms. The van der Waals surface area contributed by atoms with Gasteiger partial charge in [0, 0.05) is 11.8 Å². The fourth-order valence-electron chi connectivity index (χ4n) is 1.62. The van der Waals surface area contributed by atoms with Crippen LogP contribution in [-0.4, -0.2) is 35.3 Å². The van der Waals surface area contributed by atoms with Gasteiger partial charge in [0.05, 0.1) is 19.9 Å². The maximum Gasteiger partial charge on any atom is 0.373 e. The molecule has 2 rings (SSSR count). The van der Waals surface area contributed by atoms with Gasteiger partial charge in [-0.3, -0.25) is 0 Å². The van der Waals surface area contributed by atoms with Crippen LogP contribution in [0, 0.1) is 0 Å². The molecule has 0 aliphatic rings. The van der Waals surface area contributed by atoms with Gasteiger partial charge in [-0.1, -0.05) is 0 Å². The minimum Gasteiger partial charge on any atom is -0.493 e. The van der Waals surface area contributed by atoms with Crippen molar-refractivity contribution >= 4 is 5.97 Å². The molecule has 1 aromatic carbocycles. The molecule has 19 heavy (non-hydrogen) atoms. The average Bonchev–Trinajstić information content (AvgIpc) is 2.46. The number of carboxylic acids is 1. The molecule has 2 aromatic rings. The number of carboxylic acid groups (broad SMARTS) is 1. The third-order valence-electron chi connectivity index (χ3n) is 2.53. The molecular formula is C13H12N2O4. The predicted octanol–water partition coefficient (Wildman–Crippen LogP) is 1.86. The van der Waals surface area contributed by atoms with Gasteiger partial charge < -0.3 is 14.6 Å². The van der Waals surface area contributed by atoms with Crippen LogP contribution < -0.4 is 9.47 Å². The predicted molar refractivity (Wildman–Crippen MR) is 67.5 cm³/mol. The van der Waals surface area contributed by atoms with E-state index in [0.717, 1.165) is 5.56 Å². The molecule has 1 aromatic heterocycles. The van der Waals surface area contributed by atoms with Crippen molar-refractivity contribution in [3.63, 3.8) is 0 Å². The van der Waals surface area contributed by atoms with Crippen LogP contribution in [0.25, 0.3) is 11.3 Å². The van der Waals surface area contributed by atoms with Crippen molar-refractivity contribution in [2.75, 3.05) is 14.2 Å². The van der Waals surface area contributed by atoms with Crippen LogP contribution in [0.4, 0.5) is 0 Å². The van der Waals surface area contributed by atoms with Crippen molar-refractivity contribution in [1.29, 1.82) is 0 Å². The first-order valence-corrected chi connectivity index (χ1v) is 5.44. The van der Waals surface area contributed by atoms with Crippen molar-refractivity contribution in [2.45, 2.75) is 0 Å². The lowest BCUT2D eigenvalue weighted by Gasteiger charge is -2.09. The standard InChI is InChI=1S/C13H12N2O4/c1-18-10-4-3-8(7-11(10)19-2)9-5-6-14-12(15-9)13(16)17/h3-7H,1-2H3,(H,16,17). The summed E-state index contributed by atoms with van der Waals surface area (Å²) in [6.07, 6.45) is 1.41. The fraction of sp³-hybridized carbons (Fsp3) is 0.154. The van der Waals surface area contributed by atoms with E-state index in [1.807, 2.05) is 0 Å². The summed E-state index contributed by atoms with van der Waals surface area (Å²) in [6.45, 7) is 0. The van der Waals surface area contributed by atoms with Crippen molar-refractivity contribution in [2.24, 2.45) is 0 Å². The fourth-order valence-corrected chi connectivity index (χ4v) is 1.62. The second kappa shape index (κ2) is 5.34. The van der Waals surface area contributed by atoms with Gasteiger partial charge in [0.2, 0.25) is 5.82 Å². The third kappa shape index (κ3) is 2.62. The van der Waals surface area contributed by atoms with E-state index in [4.69, 9.17) is 14.6 Å². The lowest BCUT2D eigenvalue weighted by atomic mass is 10.1. The highest BCUT2D eigenvalue weighted by atomic mass is 16.5. The summed E-state index contributed by atoms with van der Waals surface area (Å²) in [7, 11) is 3.08. The van der Waals surface area contributed by atoms with Gasteiger partial charge in [-0.25, -0.2) is 14.8 Å². The monoisotopic (exact) mass is 260 g/mol. The van der Waals surface area contributed by atoms with Crippen LogP contribution >= 0.6 is 0 Å². The van der Waals surface area contributed by atoms with Crippen LogP contribution in [0.15, 0.2) is 30.5 Å². The Morgan fingerprint density at radius 2 is 1.89 bits per heavy atom. The minimum absolute atomic E-state index is 0.243. The Morgan fingerprint density at radius 1 is 1.16 bits per heavy atom. The summed E-state index contributed by atoms with van der Waals surface area (Å²) >= 11 is 0. The number of ether oxygens (including phenoxy) is 2. The van der Waals surface area contributed by atoms with Crippen LogP contribution in [0.3, 0.4) is 0 Å². The smallest absolute Gasteiger partial charge is 0.373 e. The van der Waals surface area contributed by atoms with Crippen molar-refractivity contribution < 1.29 is 19.4 Å². The van der Waals surface area contributed by atoms with Gasteiger partial charge in [0.25, 0.3) is 0 Å². The van der Waals surface area contributed by atoms with E-state index < -0.39 is 5.97 Å². The molecule has 98 valence electrons. The molecule has 0 bridgehead atoms. The van der Waals surface area contributed by atoms with Crippen LogP contribution in [-0.2, 0) is 0 Å². The van der Waals surface area contributed by atoms with Gasteiger partial charge in [-0.15, -0.1) is 0 Å². The van der Waals surface area contributed by atoms with E-state index in [1.165, 1.54) is 13.3 Å². The van der Waals surface area contributed by atoms with Gasteiger partial charge in [0.1, 0.15) is 0 Å². The van der Waals surface area contributed by atoms with Crippen LogP contribution in [0.5, 0.6) is 11.5 Å². The Balaban J connectivity index is 2.47. The van der Waals surface area contributed by atoms with E-state index in [9.17, 15) is 4.79 Å². The van der Waals surface area contributed by atoms with E-state index in [1.54, 1.807) is 31.4 Å². The molecule has 0 aliphatic carbocycles. The van der Waals surface area contributed by atoms with Crippen LogP contribution in [0.2, 0.25) is 0 Å². The summed E-state index contributed by atoms with van der Waals surface area (Å²) in [6, 6.07) is 6.87. The lowest BCUT2D eigenvalue weighted by molar-refractivity contribution is 0.0683. The number of methoxy groups -OCH3 is 2. The second-order valence-electron chi connectivity index (χ2n) is 3.64. The lowest BCUT2D eigenvalue weighted by Crippen LogP contribution is -2.04. The molecule has 1 N–H and O–H groups in total. The molecular weight excluding hydrogens is 248 g/mol. The first kappa shape index (κ1) is 12.8. The first-order chi connectivity index (χ1) is 9.15. The highest BCUT2D eigenvalue weighted by molar-refractivity contribution is 5.83. The molecule has 0 fully saturated rings. The number of aromatic carboxylic acids is 1. The maximum absolute atomic E-state index is 10.8. The summed E-state index contributed by atoms with van der Waals surface area (Å²) in [5.41, 5.74) is 1.23. The largest absolute Gasteiger partial charge is 0.493 e. The zero-order valence-electron chi connectivity index (χ0n) is 10.5. The summed E-state index contributed by atoms with van der Waals surface area (Å²) < 4.78 is 10.3. The molecule has 0 spiro atoms. The molecule has 0 radical (unpaired) electrons. The first-order valence-electron chi connectivity index (χ1n) is 5.44. The van der Waals surface area contributed by atoms with Gasteiger partial charge in [-0.2, -0.15) is 0 Å². The number of nitrogens with zero attached hydrogens (tertiary/aromatic N) is 2. The quantitative estimate of drug-likeness (QED) is 0.903. The zero-order valence-corrected chi connectivity index (χ0v) is 10.5. The zero-order chi connectivity index (χ0) is 13.8. The summed E-state index contributed by atoms with van der Waals surface area (Å²) in [4.78, 5) is 18.5. The summed E-state index contributed by atoms with van der Waals surface area (Å²) in [5, 5.41) is 8.87. The molecule has 0 aliphatic heterocycles. The normalized spacial score (nSPS) is 10.0. The highest BCUT2D eigenvalue weighted by Gasteiger charge is 2.10. The van der Waals surface area contributed by atoms with E-state index in [2.05, 4.69) is 9.97 Å². The van der Waals surface area contributed by atoms with E-state index in [-0.39, 0.29) is 5.82 Å². The topological polar surface area (TPSA) is 81.5 Å². The second-order valence-corrected chi connectivity index (χ2v) is 3.64. The van der Waals surface area contributed by atoms with Crippen LogP contribution in [0.1, 0.15) is 10.6 Å². The molecule has 0 unspecified atom stereocenters. The SMILES string of the molecule is COc1ccc(-c2ccnc(C(=O)O)n2)cc1OC. The molecule has 0 amide bonds. The molecule has 0 saturated heterocycles. The van der Waals surface area contributed by atoms with Crippen molar-refractivity contribution in [1.82, 2.24) is 9.97 Å². The number of aromatic nitrogens is 2. The summed E-state index contributed by atoms with van der Waals surface area (Å²) in [5.74, 6) is -0.260. The van der Waals surface area contributed by atoms with Gasteiger partial charge in [0.15, 0.2) is 11.5 Å². The molecule has 1 heterocycles. The number of rotatable bonds is 4. The number of hydrogen-bond acceptors (Lipinski definition) is 5. The maximum atomic E-state index is 10.8. The Labute approximate surface area is 109 Å². The molecule has 0 atom stereocenters.